The molecule has 1 saturated heterocycles. The van der Waals surface area contributed by atoms with E-state index in [4.69, 9.17) is 0 Å². The predicted molar refractivity (Wildman–Crippen MR) is 96.6 cm³/mol. The van der Waals surface area contributed by atoms with Gasteiger partial charge in [-0.2, -0.15) is 5.10 Å². The van der Waals surface area contributed by atoms with Gasteiger partial charge in [-0.05, 0) is 57.0 Å². The molecule has 0 spiro atoms. The summed E-state index contributed by atoms with van der Waals surface area (Å²) < 4.78 is 24.4. The molecular weight excluding hydrogens is 354 g/mol. The smallest absolute Gasteiger partial charge is 0.264 e. The predicted octanol–water partition coefficient (Wildman–Crippen LogP) is 1.93. The molecule has 0 aliphatic carbocycles. The molecule has 1 unspecified atom stereocenters. The molecule has 1 N–H and O–H groups in total. The van der Waals surface area contributed by atoms with Crippen LogP contribution in [0.15, 0.2) is 46.1 Å². The third-order valence-electron chi connectivity index (χ3n) is 4.61. The highest BCUT2D eigenvalue weighted by Crippen LogP contribution is 2.31. The molecule has 1 aliphatic rings. The van der Waals surface area contributed by atoms with Gasteiger partial charge in [0.15, 0.2) is 9.84 Å². The molecule has 3 rings (SSSR count). The van der Waals surface area contributed by atoms with Gasteiger partial charge in [0.25, 0.3) is 11.5 Å². The molecule has 26 heavy (non-hydrogen) atoms. The van der Waals surface area contributed by atoms with Crippen LogP contribution in [0.3, 0.4) is 0 Å². The fourth-order valence-electron chi connectivity index (χ4n) is 3.08. The average molecular weight is 375 g/mol. The number of hydrogen-bond acceptors (Lipinski definition) is 5. The number of sulfone groups is 1. The minimum Gasteiger partial charge on any atom is -0.330 e. The van der Waals surface area contributed by atoms with Crippen LogP contribution in [-0.4, -0.2) is 41.2 Å². The van der Waals surface area contributed by atoms with E-state index in [2.05, 4.69) is 10.2 Å². The number of carbonyl (C=O) groups excluding carboxylic acids is 1. The monoisotopic (exact) mass is 375 g/mol. The van der Waals surface area contributed by atoms with Gasteiger partial charge in [0.1, 0.15) is 0 Å². The minimum absolute atomic E-state index is 0.172. The lowest BCUT2D eigenvalue weighted by atomic mass is 10.1. The number of benzene rings is 1. The van der Waals surface area contributed by atoms with Crippen LogP contribution in [0.1, 0.15) is 48.8 Å². The molecule has 0 radical (unpaired) electrons. The van der Waals surface area contributed by atoms with Gasteiger partial charge in [-0.3, -0.25) is 9.59 Å². The summed E-state index contributed by atoms with van der Waals surface area (Å²) in [6.07, 6.45) is 1.61. The third-order valence-corrected chi connectivity index (χ3v) is 6.78. The number of carbonyl (C=O) groups is 1. The van der Waals surface area contributed by atoms with Crippen molar-refractivity contribution in [3.05, 3.63) is 58.0 Å². The highest BCUT2D eigenvalue weighted by molar-refractivity contribution is 7.92. The summed E-state index contributed by atoms with van der Waals surface area (Å²) in [5, 5.41) is 5.93. The number of H-pyrrole nitrogens is 1. The van der Waals surface area contributed by atoms with E-state index in [9.17, 15) is 18.0 Å². The van der Waals surface area contributed by atoms with Gasteiger partial charge in [-0.15, -0.1) is 0 Å². The number of aromatic nitrogens is 2. The zero-order valence-corrected chi connectivity index (χ0v) is 15.5. The van der Waals surface area contributed by atoms with Crippen molar-refractivity contribution in [2.75, 3.05) is 6.54 Å². The molecule has 0 bridgehead atoms. The maximum absolute atomic E-state index is 12.9. The Morgan fingerprint density at radius 2 is 1.88 bits per heavy atom. The first kappa shape index (κ1) is 18.3. The highest BCUT2D eigenvalue weighted by Gasteiger charge is 2.32. The minimum atomic E-state index is -3.36. The van der Waals surface area contributed by atoms with Gasteiger partial charge in [-0.1, -0.05) is 0 Å². The molecule has 1 aromatic heterocycles. The van der Waals surface area contributed by atoms with Crippen molar-refractivity contribution in [2.24, 2.45) is 0 Å². The summed E-state index contributed by atoms with van der Waals surface area (Å²) in [5.74, 6) is -0.172. The average Bonchev–Trinajstić information content (AvgIpc) is 3.11. The van der Waals surface area contributed by atoms with Crippen molar-refractivity contribution < 1.29 is 13.2 Å². The summed E-state index contributed by atoms with van der Waals surface area (Å²) in [6, 6.07) is 8.89. The van der Waals surface area contributed by atoms with Crippen LogP contribution in [0.4, 0.5) is 0 Å². The second-order valence-electron chi connectivity index (χ2n) is 6.62. The Labute approximate surface area is 152 Å². The van der Waals surface area contributed by atoms with Gasteiger partial charge in [-0.25, -0.2) is 13.5 Å². The lowest BCUT2D eigenvalue weighted by Gasteiger charge is -2.24. The summed E-state index contributed by atoms with van der Waals surface area (Å²) in [7, 11) is -3.36. The topological polar surface area (TPSA) is 100 Å². The Balaban J connectivity index is 1.84. The molecule has 138 valence electrons. The third kappa shape index (κ3) is 3.41. The summed E-state index contributed by atoms with van der Waals surface area (Å²) in [5.41, 5.74) is 0.796. The van der Waals surface area contributed by atoms with Crippen LogP contribution in [0.5, 0.6) is 0 Å². The van der Waals surface area contributed by atoms with E-state index in [0.717, 1.165) is 12.8 Å². The first-order valence-electron chi connectivity index (χ1n) is 8.51. The normalized spacial score (nSPS) is 17.7. The van der Waals surface area contributed by atoms with Crippen LogP contribution in [0.2, 0.25) is 0 Å². The second-order valence-corrected chi connectivity index (χ2v) is 9.13. The fourth-order valence-corrected chi connectivity index (χ4v) is 4.14. The largest absolute Gasteiger partial charge is 0.330 e. The molecule has 1 amide bonds. The van der Waals surface area contributed by atoms with Crippen molar-refractivity contribution in [3.8, 4) is 0 Å². The van der Waals surface area contributed by atoms with Gasteiger partial charge in [0.2, 0.25) is 0 Å². The van der Waals surface area contributed by atoms with E-state index in [1.54, 1.807) is 36.9 Å². The zero-order valence-electron chi connectivity index (χ0n) is 14.7. The quantitative estimate of drug-likeness (QED) is 0.880. The number of nitrogens with one attached hydrogen (secondary N) is 1. The first-order valence-corrected chi connectivity index (χ1v) is 10.1. The molecule has 2 aromatic rings. The van der Waals surface area contributed by atoms with Crippen LogP contribution in [-0.2, 0) is 9.84 Å². The molecule has 1 atom stereocenters. The lowest BCUT2D eigenvalue weighted by molar-refractivity contribution is 0.0732. The second kappa shape index (κ2) is 7.03. The molecule has 1 fully saturated rings. The van der Waals surface area contributed by atoms with E-state index in [1.165, 1.54) is 18.2 Å². The van der Waals surface area contributed by atoms with E-state index in [-0.39, 0.29) is 22.4 Å². The Morgan fingerprint density at radius 1 is 1.19 bits per heavy atom. The molecular formula is C18H21N3O4S. The summed E-state index contributed by atoms with van der Waals surface area (Å²) in [4.78, 5) is 26.0. The van der Waals surface area contributed by atoms with Crippen molar-refractivity contribution in [2.45, 2.75) is 42.9 Å². The number of aromatic amines is 1. The van der Waals surface area contributed by atoms with Crippen LogP contribution in [0.25, 0.3) is 0 Å². The van der Waals surface area contributed by atoms with Crippen LogP contribution in [0, 0.1) is 0 Å². The van der Waals surface area contributed by atoms with E-state index in [0.29, 0.717) is 17.8 Å². The fraction of sp³-hybridized carbons (Fsp3) is 0.389. The van der Waals surface area contributed by atoms with Gasteiger partial charge >= 0.3 is 0 Å². The molecule has 1 aliphatic heterocycles. The number of rotatable bonds is 4. The molecule has 0 saturated carbocycles. The number of hydrogen-bond donors (Lipinski definition) is 1. The molecule has 8 heteroatoms. The Hall–Kier alpha value is -2.48. The van der Waals surface area contributed by atoms with Crippen LogP contribution >= 0.6 is 0 Å². The Bertz CT molecular complexity index is 944. The summed E-state index contributed by atoms with van der Waals surface area (Å²) >= 11 is 0. The van der Waals surface area contributed by atoms with E-state index < -0.39 is 15.1 Å². The van der Waals surface area contributed by atoms with Crippen molar-refractivity contribution in [3.63, 3.8) is 0 Å². The maximum atomic E-state index is 12.9. The standard InChI is InChI=1S/C18H21N3O4S/c1-12(2)26(24,25)14-7-5-13(6-8-14)18(23)21-11-3-4-16(21)15-9-10-17(22)20-19-15/h5-10,12,16H,3-4,11H2,1-2H3,(H,20,22). The Kier molecular flexibility index (Phi) is 4.95. The van der Waals surface area contributed by atoms with Crippen LogP contribution < -0.4 is 5.56 Å². The molecule has 2 heterocycles. The van der Waals surface area contributed by atoms with Crippen molar-refractivity contribution >= 4 is 15.7 Å². The highest BCUT2D eigenvalue weighted by atomic mass is 32.2. The number of nitrogens with zero attached hydrogens (tertiary/aromatic N) is 2. The van der Waals surface area contributed by atoms with Gasteiger partial charge in [0, 0.05) is 18.2 Å². The lowest BCUT2D eigenvalue weighted by Crippen LogP contribution is -2.31. The Morgan fingerprint density at radius 3 is 2.46 bits per heavy atom. The zero-order chi connectivity index (χ0) is 18.9. The van der Waals surface area contributed by atoms with Gasteiger partial charge in [0.05, 0.1) is 21.9 Å². The number of amides is 1. The SMILES string of the molecule is CC(C)S(=O)(=O)c1ccc(C(=O)N2CCCC2c2ccc(=O)[nH]n2)cc1. The summed E-state index contributed by atoms with van der Waals surface area (Å²) in [6.45, 7) is 3.84. The molecule has 1 aromatic carbocycles. The van der Waals surface area contributed by atoms with Crippen molar-refractivity contribution in [1.29, 1.82) is 0 Å². The van der Waals surface area contributed by atoms with E-state index >= 15 is 0 Å². The number of likely N-dealkylation sites (tertiary alicyclic amines) is 1. The maximum Gasteiger partial charge on any atom is 0.264 e. The van der Waals surface area contributed by atoms with Gasteiger partial charge < -0.3 is 4.90 Å². The van der Waals surface area contributed by atoms with E-state index in [1.807, 2.05) is 0 Å². The molecule has 7 nitrogen and oxygen atoms in total. The first-order chi connectivity index (χ1) is 12.3. The van der Waals surface area contributed by atoms with Crippen molar-refractivity contribution in [1.82, 2.24) is 15.1 Å².